The van der Waals surface area contributed by atoms with E-state index in [1.54, 1.807) is 29.2 Å². The second-order valence-corrected chi connectivity index (χ2v) is 6.16. The highest BCUT2D eigenvalue weighted by molar-refractivity contribution is 9.10. The number of hydrogen-bond acceptors (Lipinski definition) is 4. The minimum absolute atomic E-state index is 0.0855. The number of carboxylic acids is 1. The van der Waals surface area contributed by atoms with E-state index in [1.165, 1.54) is 11.1 Å². The molecular formula is C11H8BrNO2S2. The SMILES string of the molecule is O=C(O)c1cc(SCc2cc(Br)cs2)ccn1. The van der Waals surface area contributed by atoms with Gasteiger partial charge >= 0.3 is 5.97 Å². The highest BCUT2D eigenvalue weighted by Gasteiger charge is 2.06. The normalized spacial score (nSPS) is 10.4. The van der Waals surface area contributed by atoms with Crippen LogP contribution in [0.25, 0.3) is 0 Å². The number of carbonyl (C=O) groups is 1. The zero-order valence-electron chi connectivity index (χ0n) is 8.59. The van der Waals surface area contributed by atoms with Crippen LogP contribution in [-0.2, 0) is 5.75 Å². The van der Waals surface area contributed by atoms with Crippen molar-refractivity contribution in [2.45, 2.75) is 10.6 Å². The molecule has 2 heterocycles. The van der Waals surface area contributed by atoms with Crippen molar-refractivity contribution in [3.63, 3.8) is 0 Å². The lowest BCUT2D eigenvalue weighted by Gasteiger charge is -2.00. The molecule has 17 heavy (non-hydrogen) atoms. The van der Waals surface area contributed by atoms with Gasteiger partial charge in [-0.15, -0.1) is 23.1 Å². The summed E-state index contributed by atoms with van der Waals surface area (Å²) in [5.74, 6) is -0.161. The number of aromatic carboxylic acids is 1. The van der Waals surface area contributed by atoms with Crippen molar-refractivity contribution in [3.05, 3.63) is 44.8 Å². The Labute approximate surface area is 115 Å². The molecule has 0 fully saturated rings. The zero-order valence-corrected chi connectivity index (χ0v) is 11.8. The van der Waals surface area contributed by atoms with Crippen LogP contribution in [0.1, 0.15) is 15.4 Å². The summed E-state index contributed by atoms with van der Waals surface area (Å²) in [6.45, 7) is 0. The molecule has 2 aromatic rings. The molecule has 0 saturated heterocycles. The third-order valence-electron chi connectivity index (χ3n) is 1.95. The molecule has 3 nitrogen and oxygen atoms in total. The number of nitrogens with zero attached hydrogens (tertiary/aromatic N) is 1. The van der Waals surface area contributed by atoms with Crippen molar-refractivity contribution in [2.24, 2.45) is 0 Å². The minimum atomic E-state index is -0.994. The van der Waals surface area contributed by atoms with Crippen LogP contribution in [0.5, 0.6) is 0 Å². The molecule has 0 saturated carbocycles. The predicted molar refractivity (Wildman–Crippen MR) is 72.8 cm³/mol. The van der Waals surface area contributed by atoms with Crippen molar-refractivity contribution in [1.82, 2.24) is 4.98 Å². The molecule has 0 aromatic carbocycles. The Morgan fingerprint density at radius 1 is 1.53 bits per heavy atom. The molecule has 6 heteroatoms. The van der Waals surface area contributed by atoms with Gasteiger partial charge in [-0.25, -0.2) is 9.78 Å². The van der Waals surface area contributed by atoms with Gasteiger partial charge in [0.15, 0.2) is 0 Å². The molecule has 0 aliphatic carbocycles. The van der Waals surface area contributed by atoms with Gasteiger partial charge in [-0.1, -0.05) is 0 Å². The Morgan fingerprint density at radius 3 is 3.00 bits per heavy atom. The Bertz CT molecular complexity index is 542. The van der Waals surface area contributed by atoms with Crippen LogP contribution in [-0.4, -0.2) is 16.1 Å². The molecule has 2 aromatic heterocycles. The summed E-state index contributed by atoms with van der Waals surface area (Å²) in [5.41, 5.74) is 0.0855. The van der Waals surface area contributed by atoms with Crippen LogP contribution in [0, 0.1) is 0 Å². The average molecular weight is 330 g/mol. The quantitative estimate of drug-likeness (QED) is 0.864. The molecule has 0 bridgehead atoms. The van der Waals surface area contributed by atoms with Gasteiger partial charge in [-0.2, -0.15) is 0 Å². The van der Waals surface area contributed by atoms with Crippen molar-refractivity contribution in [3.8, 4) is 0 Å². The highest BCUT2D eigenvalue weighted by atomic mass is 79.9. The topological polar surface area (TPSA) is 50.2 Å². The average Bonchev–Trinajstić information content (AvgIpc) is 2.73. The first-order valence-electron chi connectivity index (χ1n) is 4.70. The zero-order chi connectivity index (χ0) is 12.3. The van der Waals surface area contributed by atoms with E-state index < -0.39 is 5.97 Å². The number of hydrogen-bond donors (Lipinski definition) is 1. The standard InChI is InChI=1S/C11H8BrNO2S2/c12-7-3-9(16-5-7)6-17-8-1-2-13-10(4-8)11(14)15/h1-5H,6H2,(H,14,15). The molecule has 0 spiro atoms. The molecule has 0 radical (unpaired) electrons. The van der Waals surface area contributed by atoms with Crippen LogP contribution in [0.4, 0.5) is 0 Å². The molecule has 1 N–H and O–H groups in total. The summed E-state index contributed by atoms with van der Waals surface area (Å²) < 4.78 is 1.08. The largest absolute Gasteiger partial charge is 0.477 e. The maximum Gasteiger partial charge on any atom is 0.354 e. The van der Waals surface area contributed by atoms with E-state index >= 15 is 0 Å². The first kappa shape index (κ1) is 12.6. The molecule has 0 aliphatic rings. The molecule has 0 unspecified atom stereocenters. The first-order valence-corrected chi connectivity index (χ1v) is 7.36. The molecule has 2 rings (SSSR count). The van der Waals surface area contributed by atoms with Crippen LogP contribution in [0.15, 0.2) is 39.1 Å². The number of rotatable bonds is 4. The molecule has 88 valence electrons. The summed E-state index contributed by atoms with van der Waals surface area (Å²) in [5, 5.41) is 10.9. The summed E-state index contributed by atoms with van der Waals surface area (Å²) in [6.07, 6.45) is 1.52. The highest BCUT2D eigenvalue weighted by Crippen LogP contribution is 2.28. The Morgan fingerprint density at radius 2 is 2.35 bits per heavy atom. The van der Waals surface area contributed by atoms with Gasteiger partial charge < -0.3 is 5.11 Å². The summed E-state index contributed by atoms with van der Waals surface area (Å²) in [6, 6.07) is 5.48. The van der Waals surface area contributed by atoms with E-state index in [9.17, 15) is 4.79 Å². The predicted octanol–water partition coefficient (Wildman–Crippen LogP) is 3.90. The van der Waals surface area contributed by atoms with Gasteiger partial charge in [0, 0.05) is 31.6 Å². The third kappa shape index (κ3) is 3.55. The molecular weight excluding hydrogens is 322 g/mol. The summed E-state index contributed by atoms with van der Waals surface area (Å²) in [4.78, 5) is 16.7. The number of pyridine rings is 1. The summed E-state index contributed by atoms with van der Waals surface area (Å²) >= 11 is 6.69. The van der Waals surface area contributed by atoms with Gasteiger partial charge in [0.1, 0.15) is 5.69 Å². The summed E-state index contributed by atoms with van der Waals surface area (Å²) in [7, 11) is 0. The molecule has 0 aliphatic heterocycles. The number of thioether (sulfide) groups is 1. The van der Waals surface area contributed by atoms with Crippen LogP contribution in [0.3, 0.4) is 0 Å². The maximum atomic E-state index is 10.8. The third-order valence-corrected chi connectivity index (χ3v) is 4.88. The molecule has 0 atom stereocenters. The van der Waals surface area contributed by atoms with Gasteiger partial charge in [0.2, 0.25) is 0 Å². The van der Waals surface area contributed by atoms with Gasteiger partial charge in [0.05, 0.1) is 0 Å². The monoisotopic (exact) mass is 329 g/mol. The fourth-order valence-corrected chi connectivity index (χ4v) is 3.63. The Kier molecular flexibility index (Phi) is 4.20. The minimum Gasteiger partial charge on any atom is -0.477 e. The van der Waals surface area contributed by atoms with Crippen molar-refractivity contribution < 1.29 is 9.90 Å². The number of carboxylic acid groups (broad SMARTS) is 1. The number of aromatic nitrogens is 1. The maximum absolute atomic E-state index is 10.8. The lowest BCUT2D eigenvalue weighted by Crippen LogP contribution is -1.99. The van der Waals surface area contributed by atoms with E-state index in [1.807, 2.05) is 11.4 Å². The van der Waals surface area contributed by atoms with Crippen molar-refractivity contribution in [2.75, 3.05) is 0 Å². The second kappa shape index (κ2) is 5.66. The fraction of sp³-hybridized carbons (Fsp3) is 0.0909. The van der Waals surface area contributed by atoms with Gasteiger partial charge in [0.25, 0.3) is 0 Å². The molecule has 0 amide bonds. The fourth-order valence-electron chi connectivity index (χ4n) is 1.20. The van der Waals surface area contributed by atoms with E-state index in [-0.39, 0.29) is 5.69 Å². The van der Waals surface area contributed by atoms with Crippen molar-refractivity contribution in [1.29, 1.82) is 0 Å². The Hall–Kier alpha value is -0.850. The Balaban J connectivity index is 2.04. The lowest BCUT2D eigenvalue weighted by molar-refractivity contribution is 0.0690. The van der Waals surface area contributed by atoms with E-state index in [0.29, 0.717) is 0 Å². The van der Waals surface area contributed by atoms with Crippen molar-refractivity contribution >= 4 is 45.0 Å². The number of thiophene rings is 1. The van der Waals surface area contributed by atoms with Gasteiger partial charge in [-0.3, -0.25) is 0 Å². The first-order chi connectivity index (χ1) is 8.15. The number of halogens is 1. The van der Waals surface area contributed by atoms with Crippen LogP contribution in [0.2, 0.25) is 0 Å². The van der Waals surface area contributed by atoms with E-state index in [4.69, 9.17) is 5.11 Å². The van der Waals surface area contributed by atoms with E-state index in [2.05, 4.69) is 27.0 Å². The van der Waals surface area contributed by atoms with Gasteiger partial charge in [-0.05, 0) is 34.1 Å². The lowest BCUT2D eigenvalue weighted by atomic mass is 10.3. The smallest absolute Gasteiger partial charge is 0.354 e. The second-order valence-electron chi connectivity index (χ2n) is 3.20. The van der Waals surface area contributed by atoms with E-state index in [0.717, 1.165) is 15.1 Å². The van der Waals surface area contributed by atoms with Crippen LogP contribution < -0.4 is 0 Å². The van der Waals surface area contributed by atoms with Crippen LogP contribution >= 0.6 is 39.0 Å².